The summed E-state index contributed by atoms with van der Waals surface area (Å²) in [5, 5.41) is 9.56. The zero-order valence-electron chi connectivity index (χ0n) is 9.69. The van der Waals surface area contributed by atoms with E-state index < -0.39 is 0 Å². The van der Waals surface area contributed by atoms with Gasteiger partial charge in [0.15, 0.2) is 0 Å². The highest BCUT2D eigenvalue weighted by Crippen LogP contribution is 2.29. The highest BCUT2D eigenvalue weighted by Gasteiger charge is 2.14. The largest absolute Gasteiger partial charge is 0.396 e. The summed E-state index contributed by atoms with van der Waals surface area (Å²) < 4.78 is 1.15. The Balaban J connectivity index is 2.20. The van der Waals surface area contributed by atoms with E-state index in [1.165, 1.54) is 16.0 Å². The normalized spacial score (nSPS) is 12.6. The van der Waals surface area contributed by atoms with Gasteiger partial charge in [-0.25, -0.2) is 0 Å². The van der Waals surface area contributed by atoms with Gasteiger partial charge in [-0.1, -0.05) is 24.3 Å². The first-order chi connectivity index (χ1) is 8.20. The summed E-state index contributed by atoms with van der Waals surface area (Å²) in [6.07, 6.45) is 0.900. The summed E-state index contributed by atoms with van der Waals surface area (Å²) in [7, 11) is 0. The maximum atomic E-state index is 9.56. The Morgan fingerprint density at radius 3 is 2.59 bits per heavy atom. The van der Waals surface area contributed by atoms with Crippen molar-refractivity contribution in [3.63, 3.8) is 0 Å². The van der Waals surface area contributed by atoms with E-state index in [9.17, 15) is 5.11 Å². The highest BCUT2D eigenvalue weighted by atomic mass is 79.9. The Hall–Kier alpha value is -0.640. The molecule has 3 heteroatoms. The third-order valence-corrected chi connectivity index (χ3v) is 4.57. The quantitative estimate of drug-likeness (QED) is 0.900. The second kappa shape index (κ2) is 5.80. The monoisotopic (exact) mass is 310 g/mol. The molecule has 2 rings (SSSR count). The molecule has 0 bridgehead atoms. The lowest BCUT2D eigenvalue weighted by atomic mass is 9.92. The summed E-state index contributed by atoms with van der Waals surface area (Å²) in [4.78, 5) is 1.30. The number of benzene rings is 1. The molecule has 0 radical (unpaired) electrons. The molecule has 2 aromatic rings. The van der Waals surface area contributed by atoms with Gasteiger partial charge in [0, 0.05) is 10.8 Å². The van der Waals surface area contributed by atoms with Gasteiger partial charge in [-0.15, -0.1) is 11.3 Å². The van der Waals surface area contributed by atoms with Crippen molar-refractivity contribution in [3.8, 4) is 0 Å². The van der Waals surface area contributed by atoms with E-state index in [4.69, 9.17) is 0 Å². The van der Waals surface area contributed by atoms with E-state index >= 15 is 0 Å². The van der Waals surface area contributed by atoms with Crippen molar-refractivity contribution < 1.29 is 5.11 Å². The first-order valence-corrected chi connectivity index (χ1v) is 7.22. The van der Waals surface area contributed by atoms with Crippen LogP contribution in [0.4, 0.5) is 0 Å². The van der Waals surface area contributed by atoms with Crippen LogP contribution >= 0.6 is 27.3 Å². The van der Waals surface area contributed by atoms with Gasteiger partial charge in [0.2, 0.25) is 0 Å². The van der Waals surface area contributed by atoms with Gasteiger partial charge in [0.25, 0.3) is 0 Å². The summed E-state index contributed by atoms with van der Waals surface area (Å²) in [5.41, 5.74) is 2.50. The first kappa shape index (κ1) is 12.8. The van der Waals surface area contributed by atoms with Crippen LogP contribution < -0.4 is 0 Å². The Morgan fingerprint density at radius 2 is 2.00 bits per heavy atom. The molecule has 0 aliphatic rings. The van der Waals surface area contributed by atoms with Crippen LogP contribution in [0.5, 0.6) is 0 Å². The fraction of sp³-hybridized carbons (Fsp3) is 0.286. The Bertz CT molecular complexity index is 492. The predicted octanol–water partition coefficient (Wildman–Crippen LogP) is 4.14. The summed E-state index contributed by atoms with van der Waals surface area (Å²) in [5.74, 6) is 0.196. The zero-order valence-corrected chi connectivity index (χ0v) is 12.1. The maximum absolute atomic E-state index is 9.56. The average Bonchev–Trinajstić information content (AvgIpc) is 2.73. The number of rotatable bonds is 4. The minimum Gasteiger partial charge on any atom is -0.396 e. The second-order valence-electron chi connectivity index (χ2n) is 4.15. The van der Waals surface area contributed by atoms with E-state index in [1.807, 2.05) is 12.1 Å². The SMILES string of the molecule is Cc1ccccc1C(CO)Cc1ccc(Br)s1. The lowest BCUT2D eigenvalue weighted by Gasteiger charge is -2.16. The van der Waals surface area contributed by atoms with Crippen molar-refractivity contribution in [2.45, 2.75) is 19.3 Å². The van der Waals surface area contributed by atoms with E-state index in [2.05, 4.69) is 47.1 Å². The molecule has 90 valence electrons. The van der Waals surface area contributed by atoms with Crippen LogP contribution in [0.1, 0.15) is 21.9 Å². The molecule has 1 N–H and O–H groups in total. The molecule has 1 atom stereocenters. The topological polar surface area (TPSA) is 20.2 Å². The van der Waals surface area contributed by atoms with Crippen LogP contribution in [0, 0.1) is 6.92 Å². The Labute approximate surface area is 114 Å². The number of halogens is 1. The van der Waals surface area contributed by atoms with Crippen molar-refractivity contribution in [1.82, 2.24) is 0 Å². The number of thiophene rings is 1. The molecule has 1 unspecified atom stereocenters. The number of aliphatic hydroxyl groups is 1. The van der Waals surface area contributed by atoms with Gasteiger partial charge in [0.05, 0.1) is 10.4 Å². The molecule has 0 spiro atoms. The fourth-order valence-electron chi connectivity index (χ4n) is 2.02. The lowest BCUT2D eigenvalue weighted by molar-refractivity contribution is 0.264. The molecule has 1 heterocycles. The van der Waals surface area contributed by atoms with Crippen molar-refractivity contribution in [2.24, 2.45) is 0 Å². The van der Waals surface area contributed by atoms with Crippen LogP contribution in [0.2, 0.25) is 0 Å². The van der Waals surface area contributed by atoms with Crippen LogP contribution in [0.3, 0.4) is 0 Å². The third-order valence-electron chi connectivity index (χ3n) is 2.93. The first-order valence-electron chi connectivity index (χ1n) is 5.61. The van der Waals surface area contributed by atoms with Crippen molar-refractivity contribution in [1.29, 1.82) is 0 Å². The number of hydrogen-bond acceptors (Lipinski definition) is 2. The van der Waals surface area contributed by atoms with Crippen LogP contribution in [0.25, 0.3) is 0 Å². The molecule has 0 aliphatic carbocycles. The van der Waals surface area contributed by atoms with E-state index in [-0.39, 0.29) is 12.5 Å². The van der Waals surface area contributed by atoms with E-state index in [0.29, 0.717) is 0 Å². The molecule has 0 saturated heterocycles. The van der Waals surface area contributed by atoms with Crippen LogP contribution in [-0.4, -0.2) is 11.7 Å². The van der Waals surface area contributed by atoms with E-state index in [1.54, 1.807) is 11.3 Å². The third kappa shape index (κ3) is 3.18. The zero-order chi connectivity index (χ0) is 12.3. The van der Waals surface area contributed by atoms with Crippen molar-refractivity contribution in [3.05, 3.63) is 56.2 Å². The van der Waals surface area contributed by atoms with Crippen molar-refractivity contribution in [2.75, 3.05) is 6.61 Å². The lowest BCUT2D eigenvalue weighted by Crippen LogP contribution is -2.08. The summed E-state index contributed by atoms with van der Waals surface area (Å²) >= 11 is 5.21. The van der Waals surface area contributed by atoms with Gasteiger partial charge in [-0.05, 0) is 52.5 Å². The highest BCUT2D eigenvalue weighted by molar-refractivity contribution is 9.11. The van der Waals surface area contributed by atoms with Gasteiger partial charge in [0.1, 0.15) is 0 Å². The second-order valence-corrected chi connectivity index (χ2v) is 6.69. The van der Waals surface area contributed by atoms with Gasteiger partial charge in [-0.3, -0.25) is 0 Å². The minimum absolute atomic E-state index is 0.195. The molecule has 1 aromatic heterocycles. The average molecular weight is 311 g/mol. The molecule has 1 nitrogen and oxygen atoms in total. The summed E-state index contributed by atoms with van der Waals surface area (Å²) in [6.45, 7) is 2.29. The number of aliphatic hydroxyl groups excluding tert-OH is 1. The van der Waals surface area contributed by atoms with Crippen LogP contribution in [-0.2, 0) is 6.42 Å². The molecular weight excluding hydrogens is 296 g/mol. The van der Waals surface area contributed by atoms with Gasteiger partial charge >= 0.3 is 0 Å². The Morgan fingerprint density at radius 1 is 1.24 bits per heavy atom. The molecule has 0 fully saturated rings. The molecule has 0 saturated carbocycles. The summed E-state index contributed by atoms with van der Waals surface area (Å²) in [6, 6.07) is 12.5. The molecule has 0 amide bonds. The van der Waals surface area contributed by atoms with Crippen LogP contribution in [0.15, 0.2) is 40.2 Å². The number of hydrogen-bond donors (Lipinski definition) is 1. The van der Waals surface area contributed by atoms with Gasteiger partial charge < -0.3 is 5.11 Å². The minimum atomic E-state index is 0.195. The molecule has 1 aromatic carbocycles. The standard InChI is InChI=1S/C14H15BrOS/c1-10-4-2-3-5-13(10)11(9-16)8-12-6-7-14(15)17-12/h2-7,11,16H,8-9H2,1H3. The van der Waals surface area contributed by atoms with Gasteiger partial charge in [-0.2, -0.15) is 0 Å². The number of aryl methyl sites for hydroxylation is 1. The van der Waals surface area contributed by atoms with E-state index in [0.717, 1.165) is 10.2 Å². The molecule has 0 aliphatic heterocycles. The Kier molecular flexibility index (Phi) is 4.37. The van der Waals surface area contributed by atoms with Crippen molar-refractivity contribution >= 4 is 27.3 Å². The molecular formula is C14H15BrOS. The smallest absolute Gasteiger partial charge is 0.0701 e. The fourth-order valence-corrected chi connectivity index (χ4v) is 3.59. The maximum Gasteiger partial charge on any atom is 0.0701 e. The molecule has 17 heavy (non-hydrogen) atoms. The predicted molar refractivity (Wildman–Crippen MR) is 76.7 cm³/mol.